The zero-order chi connectivity index (χ0) is 19.3. The van der Waals surface area contributed by atoms with Crippen molar-refractivity contribution in [2.75, 3.05) is 20.2 Å². The zero-order valence-corrected chi connectivity index (χ0v) is 16.0. The van der Waals surface area contributed by atoms with E-state index in [1.807, 2.05) is 47.1 Å². The van der Waals surface area contributed by atoms with E-state index >= 15 is 0 Å². The molecule has 0 radical (unpaired) electrons. The average Bonchev–Trinajstić information content (AvgIpc) is 3.18. The molecule has 6 heteroatoms. The number of likely N-dealkylation sites (tertiary alicyclic amines) is 1. The number of carbonyl (C=O) groups is 1. The second-order valence-corrected chi connectivity index (χ2v) is 7.00. The van der Waals surface area contributed by atoms with E-state index in [2.05, 4.69) is 4.90 Å². The number of piperidine rings is 1. The molecule has 4 rings (SSSR count). The first-order valence-electron chi connectivity index (χ1n) is 9.67. The molecule has 1 aliphatic heterocycles. The Morgan fingerprint density at radius 2 is 1.71 bits per heavy atom. The van der Waals surface area contributed by atoms with E-state index in [9.17, 15) is 4.79 Å². The van der Waals surface area contributed by atoms with Crippen LogP contribution in [0.4, 0.5) is 0 Å². The van der Waals surface area contributed by atoms with Gasteiger partial charge >= 0.3 is 5.97 Å². The van der Waals surface area contributed by atoms with Crippen LogP contribution in [0.5, 0.6) is 0 Å². The van der Waals surface area contributed by atoms with Crippen LogP contribution in [0.15, 0.2) is 54.6 Å². The van der Waals surface area contributed by atoms with E-state index in [4.69, 9.17) is 14.8 Å². The van der Waals surface area contributed by atoms with Crippen molar-refractivity contribution in [3.8, 4) is 17.1 Å². The Kier molecular flexibility index (Phi) is 5.48. The van der Waals surface area contributed by atoms with Crippen LogP contribution >= 0.6 is 0 Å². The minimum atomic E-state index is -0.347. The van der Waals surface area contributed by atoms with Gasteiger partial charge in [0.15, 0.2) is 5.82 Å². The lowest BCUT2D eigenvalue weighted by atomic mass is 10.1. The van der Waals surface area contributed by atoms with Crippen LogP contribution in [-0.4, -0.2) is 45.8 Å². The first kappa shape index (κ1) is 18.4. The summed E-state index contributed by atoms with van der Waals surface area (Å²) in [6, 6.07) is 17.3. The van der Waals surface area contributed by atoms with Crippen molar-refractivity contribution < 1.29 is 9.53 Å². The van der Waals surface area contributed by atoms with Crippen LogP contribution in [0.3, 0.4) is 0 Å². The minimum absolute atomic E-state index is 0.347. The van der Waals surface area contributed by atoms with Gasteiger partial charge in [0.2, 0.25) is 0 Å². The fourth-order valence-corrected chi connectivity index (χ4v) is 3.54. The highest BCUT2D eigenvalue weighted by atomic mass is 16.5. The summed E-state index contributed by atoms with van der Waals surface area (Å²) < 4.78 is 6.70. The number of ether oxygens (including phenoxy) is 1. The maximum Gasteiger partial charge on any atom is 0.337 e. The molecule has 0 bridgehead atoms. The minimum Gasteiger partial charge on any atom is -0.465 e. The van der Waals surface area contributed by atoms with Gasteiger partial charge in [0.1, 0.15) is 5.82 Å². The number of methoxy groups -OCH3 is 1. The Bertz CT molecular complexity index is 929. The SMILES string of the molecule is COC(=O)c1ccc(-c2nc(CN3CCCCC3)n(-c3ccccc3)n2)cc1. The van der Waals surface area contributed by atoms with Gasteiger partial charge < -0.3 is 4.74 Å². The molecule has 2 aromatic carbocycles. The van der Waals surface area contributed by atoms with Crippen LogP contribution in [0.2, 0.25) is 0 Å². The van der Waals surface area contributed by atoms with Crippen LogP contribution in [0, 0.1) is 0 Å². The summed E-state index contributed by atoms with van der Waals surface area (Å²) >= 11 is 0. The molecule has 28 heavy (non-hydrogen) atoms. The molecular weight excluding hydrogens is 352 g/mol. The standard InChI is InChI=1S/C22H24N4O2/c1-28-22(27)18-12-10-17(11-13-18)21-23-20(16-25-14-6-3-7-15-25)26(24-21)19-8-4-2-5-9-19/h2,4-5,8-13H,3,6-7,14-16H2,1H3. The van der Waals surface area contributed by atoms with Gasteiger partial charge in [0, 0.05) is 5.56 Å². The summed E-state index contributed by atoms with van der Waals surface area (Å²) in [5.74, 6) is 1.24. The molecule has 0 amide bonds. The monoisotopic (exact) mass is 376 g/mol. The van der Waals surface area contributed by atoms with Crippen LogP contribution in [0.25, 0.3) is 17.1 Å². The van der Waals surface area contributed by atoms with Gasteiger partial charge in [-0.1, -0.05) is 36.8 Å². The molecule has 0 spiro atoms. The quantitative estimate of drug-likeness (QED) is 0.636. The summed E-state index contributed by atoms with van der Waals surface area (Å²) in [7, 11) is 1.38. The Balaban J connectivity index is 1.67. The van der Waals surface area contributed by atoms with Gasteiger partial charge in [-0.15, -0.1) is 5.10 Å². The number of para-hydroxylation sites is 1. The summed E-state index contributed by atoms with van der Waals surface area (Å²) in [5.41, 5.74) is 2.39. The van der Waals surface area contributed by atoms with Crippen LogP contribution < -0.4 is 0 Å². The molecule has 0 saturated carbocycles. The number of hydrogen-bond acceptors (Lipinski definition) is 5. The Labute approximate surface area is 164 Å². The van der Waals surface area contributed by atoms with E-state index < -0.39 is 0 Å². The number of aromatic nitrogens is 3. The van der Waals surface area contributed by atoms with Gasteiger partial charge in [-0.3, -0.25) is 4.90 Å². The average molecular weight is 376 g/mol. The molecule has 0 unspecified atom stereocenters. The first-order valence-corrected chi connectivity index (χ1v) is 9.67. The maximum absolute atomic E-state index is 11.7. The lowest BCUT2D eigenvalue weighted by molar-refractivity contribution is 0.0601. The number of benzene rings is 2. The normalized spacial score (nSPS) is 14.8. The molecule has 144 valence electrons. The van der Waals surface area contributed by atoms with E-state index in [0.29, 0.717) is 11.4 Å². The van der Waals surface area contributed by atoms with Crippen molar-refractivity contribution in [1.82, 2.24) is 19.7 Å². The van der Waals surface area contributed by atoms with E-state index in [-0.39, 0.29) is 5.97 Å². The van der Waals surface area contributed by atoms with Gasteiger partial charge in [0.05, 0.1) is 24.9 Å². The number of nitrogens with zero attached hydrogens (tertiary/aromatic N) is 4. The van der Waals surface area contributed by atoms with Crippen molar-refractivity contribution >= 4 is 5.97 Å². The maximum atomic E-state index is 11.7. The molecule has 3 aromatic rings. The molecule has 1 saturated heterocycles. The number of esters is 1. The second kappa shape index (κ2) is 8.35. The Morgan fingerprint density at radius 3 is 2.39 bits per heavy atom. The topological polar surface area (TPSA) is 60.2 Å². The molecule has 0 atom stereocenters. The van der Waals surface area contributed by atoms with Crippen molar-refractivity contribution in [1.29, 1.82) is 0 Å². The molecule has 2 heterocycles. The summed E-state index contributed by atoms with van der Waals surface area (Å²) in [4.78, 5) is 18.9. The fraction of sp³-hybridized carbons (Fsp3) is 0.318. The van der Waals surface area contributed by atoms with Gasteiger partial charge in [0.25, 0.3) is 0 Å². The molecule has 1 aromatic heterocycles. The second-order valence-electron chi connectivity index (χ2n) is 7.00. The molecule has 0 N–H and O–H groups in total. The molecule has 0 aliphatic carbocycles. The number of carbonyl (C=O) groups excluding carboxylic acids is 1. The first-order chi connectivity index (χ1) is 13.7. The summed E-state index contributed by atoms with van der Waals surface area (Å²) in [5, 5.41) is 4.77. The highest BCUT2D eigenvalue weighted by Gasteiger charge is 2.18. The Hall–Kier alpha value is -2.99. The third-order valence-corrected chi connectivity index (χ3v) is 5.05. The Morgan fingerprint density at radius 1 is 1.00 bits per heavy atom. The van der Waals surface area contributed by atoms with Gasteiger partial charge in [-0.2, -0.15) is 0 Å². The largest absolute Gasteiger partial charge is 0.465 e. The highest BCUT2D eigenvalue weighted by Crippen LogP contribution is 2.21. The lowest BCUT2D eigenvalue weighted by Crippen LogP contribution is -2.30. The van der Waals surface area contributed by atoms with Crippen LogP contribution in [0.1, 0.15) is 35.4 Å². The number of hydrogen-bond donors (Lipinski definition) is 0. The molecule has 1 aliphatic rings. The smallest absolute Gasteiger partial charge is 0.337 e. The van der Waals surface area contributed by atoms with E-state index in [1.54, 1.807) is 12.1 Å². The fourth-order valence-electron chi connectivity index (χ4n) is 3.54. The highest BCUT2D eigenvalue weighted by molar-refractivity contribution is 5.89. The van der Waals surface area contributed by atoms with E-state index in [1.165, 1.54) is 26.4 Å². The molecule has 6 nitrogen and oxygen atoms in total. The third-order valence-electron chi connectivity index (χ3n) is 5.05. The van der Waals surface area contributed by atoms with Crippen molar-refractivity contribution in [3.05, 3.63) is 66.0 Å². The summed E-state index contributed by atoms with van der Waals surface area (Å²) in [6.45, 7) is 2.98. The lowest BCUT2D eigenvalue weighted by Gasteiger charge is -2.25. The van der Waals surface area contributed by atoms with Crippen LogP contribution in [-0.2, 0) is 11.3 Å². The molecular formula is C22H24N4O2. The van der Waals surface area contributed by atoms with Gasteiger partial charge in [-0.25, -0.2) is 14.5 Å². The van der Waals surface area contributed by atoms with E-state index in [0.717, 1.165) is 36.7 Å². The van der Waals surface area contributed by atoms with Crippen molar-refractivity contribution in [2.24, 2.45) is 0 Å². The zero-order valence-electron chi connectivity index (χ0n) is 16.0. The predicted molar refractivity (Wildman–Crippen MR) is 107 cm³/mol. The molecule has 1 fully saturated rings. The number of rotatable bonds is 5. The summed E-state index contributed by atoms with van der Waals surface area (Å²) in [6.07, 6.45) is 3.78. The van der Waals surface area contributed by atoms with Gasteiger partial charge in [-0.05, 0) is 50.2 Å². The van der Waals surface area contributed by atoms with Crippen molar-refractivity contribution in [2.45, 2.75) is 25.8 Å². The predicted octanol–water partition coefficient (Wildman–Crippen LogP) is 3.71. The third kappa shape index (κ3) is 3.97. The van der Waals surface area contributed by atoms with Crippen molar-refractivity contribution in [3.63, 3.8) is 0 Å².